The lowest BCUT2D eigenvalue weighted by atomic mass is 10.3. The van der Waals surface area contributed by atoms with Crippen LogP contribution in [0.15, 0.2) is 34.7 Å². The lowest BCUT2D eigenvalue weighted by molar-refractivity contribution is 0.0561. The highest BCUT2D eigenvalue weighted by molar-refractivity contribution is 6.42. The van der Waals surface area contributed by atoms with Crippen molar-refractivity contribution >= 4 is 29.2 Å². The Balaban J connectivity index is 2.00. The van der Waals surface area contributed by atoms with Crippen LogP contribution in [0.5, 0.6) is 5.75 Å². The van der Waals surface area contributed by atoms with Crippen molar-refractivity contribution in [3.63, 3.8) is 0 Å². The Kier molecular flexibility index (Phi) is 4.35. The molecule has 0 bridgehead atoms. The number of furan rings is 1. The maximum absolute atomic E-state index is 11.2. The summed E-state index contributed by atoms with van der Waals surface area (Å²) in [5.74, 6) is 0.674. The minimum absolute atomic E-state index is 0.134. The van der Waals surface area contributed by atoms with E-state index in [1.807, 2.05) is 0 Å². The molecule has 0 unspecified atom stereocenters. The minimum Gasteiger partial charge on any atom is -0.486 e. The number of rotatable bonds is 4. The first-order valence-electron chi connectivity index (χ1n) is 5.35. The molecule has 1 aromatic carbocycles. The van der Waals surface area contributed by atoms with Crippen LogP contribution in [0, 0.1) is 0 Å². The molecule has 6 heteroatoms. The van der Waals surface area contributed by atoms with Gasteiger partial charge in [-0.15, -0.1) is 0 Å². The standard InChI is InChI=1S/C13H10Cl2O4/c1-17-13(16)12-5-3-9(19-12)7-18-8-2-4-10(14)11(15)6-8/h2-6H,7H2,1H3. The maximum Gasteiger partial charge on any atom is 0.373 e. The van der Waals surface area contributed by atoms with Gasteiger partial charge in [0, 0.05) is 6.07 Å². The summed E-state index contributed by atoms with van der Waals surface area (Å²) in [6.45, 7) is 0.176. The Bertz CT molecular complexity index is 592. The van der Waals surface area contributed by atoms with E-state index in [0.29, 0.717) is 21.6 Å². The Hall–Kier alpha value is -1.65. The highest BCUT2D eigenvalue weighted by atomic mass is 35.5. The van der Waals surface area contributed by atoms with Gasteiger partial charge in [-0.25, -0.2) is 4.79 Å². The van der Waals surface area contributed by atoms with Gasteiger partial charge in [0.25, 0.3) is 0 Å². The summed E-state index contributed by atoms with van der Waals surface area (Å²) in [6, 6.07) is 8.11. The number of ether oxygens (including phenoxy) is 2. The maximum atomic E-state index is 11.2. The minimum atomic E-state index is -0.527. The average Bonchev–Trinajstić information content (AvgIpc) is 2.88. The van der Waals surface area contributed by atoms with Crippen LogP contribution < -0.4 is 4.74 Å². The van der Waals surface area contributed by atoms with Crippen molar-refractivity contribution in [3.8, 4) is 5.75 Å². The van der Waals surface area contributed by atoms with Gasteiger partial charge < -0.3 is 13.9 Å². The van der Waals surface area contributed by atoms with Gasteiger partial charge in [0.2, 0.25) is 5.76 Å². The third-order valence-corrected chi connectivity index (χ3v) is 3.06. The summed E-state index contributed by atoms with van der Waals surface area (Å²) < 4.78 is 15.3. The molecule has 0 spiro atoms. The van der Waals surface area contributed by atoms with Crippen LogP contribution in [0.2, 0.25) is 10.0 Å². The Morgan fingerprint density at radius 1 is 1.21 bits per heavy atom. The molecule has 100 valence electrons. The summed E-state index contributed by atoms with van der Waals surface area (Å²) >= 11 is 11.7. The summed E-state index contributed by atoms with van der Waals surface area (Å²) in [5.41, 5.74) is 0. The topological polar surface area (TPSA) is 48.7 Å². The zero-order chi connectivity index (χ0) is 13.8. The lowest BCUT2D eigenvalue weighted by Crippen LogP contribution is -1.99. The third-order valence-electron chi connectivity index (χ3n) is 2.32. The summed E-state index contributed by atoms with van der Waals surface area (Å²) in [4.78, 5) is 11.2. The van der Waals surface area contributed by atoms with Gasteiger partial charge in [-0.1, -0.05) is 23.2 Å². The predicted molar refractivity (Wildman–Crippen MR) is 70.8 cm³/mol. The first-order valence-corrected chi connectivity index (χ1v) is 6.10. The highest BCUT2D eigenvalue weighted by Crippen LogP contribution is 2.26. The second-order valence-electron chi connectivity index (χ2n) is 3.62. The number of carbonyl (C=O) groups is 1. The normalized spacial score (nSPS) is 10.3. The number of carbonyl (C=O) groups excluding carboxylic acids is 1. The molecule has 0 saturated carbocycles. The lowest BCUT2D eigenvalue weighted by Gasteiger charge is -2.05. The van der Waals surface area contributed by atoms with E-state index in [1.54, 1.807) is 24.3 Å². The molecule has 2 aromatic rings. The molecule has 1 aromatic heterocycles. The van der Waals surface area contributed by atoms with Gasteiger partial charge in [0.15, 0.2) is 0 Å². The quantitative estimate of drug-likeness (QED) is 0.802. The van der Waals surface area contributed by atoms with Crippen LogP contribution in [0.1, 0.15) is 16.3 Å². The summed E-state index contributed by atoms with van der Waals surface area (Å²) in [5, 5.41) is 0.869. The number of hydrogen-bond acceptors (Lipinski definition) is 4. The number of benzene rings is 1. The second kappa shape index (κ2) is 5.99. The molecule has 0 saturated heterocycles. The van der Waals surface area contributed by atoms with E-state index < -0.39 is 5.97 Å². The fourth-order valence-corrected chi connectivity index (χ4v) is 1.67. The van der Waals surface area contributed by atoms with E-state index in [9.17, 15) is 4.79 Å². The van der Waals surface area contributed by atoms with Crippen molar-refractivity contribution in [2.75, 3.05) is 7.11 Å². The van der Waals surface area contributed by atoms with Crippen LogP contribution in [0.25, 0.3) is 0 Å². The molecule has 0 N–H and O–H groups in total. The molecule has 0 aliphatic carbocycles. The van der Waals surface area contributed by atoms with Crippen molar-refractivity contribution in [3.05, 3.63) is 51.9 Å². The zero-order valence-electron chi connectivity index (χ0n) is 9.98. The fraction of sp³-hybridized carbons (Fsp3) is 0.154. The largest absolute Gasteiger partial charge is 0.486 e. The molecule has 1 heterocycles. The van der Waals surface area contributed by atoms with Crippen LogP contribution in [-0.2, 0) is 11.3 Å². The van der Waals surface area contributed by atoms with Crippen molar-refractivity contribution < 1.29 is 18.7 Å². The van der Waals surface area contributed by atoms with E-state index in [2.05, 4.69) is 4.74 Å². The van der Waals surface area contributed by atoms with Gasteiger partial charge in [-0.2, -0.15) is 0 Å². The van der Waals surface area contributed by atoms with Crippen LogP contribution in [-0.4, -0.2) is 13.1 Å². The van der Waals surface area contributed by atoms with Crippen molar-refractivity contribution in [1.82, 2.24) is 0 Å². The van der Waals surface area contributed by atoms with E-state index >= 15 is 0 Å². The van der Waals surface area contributed by atoms with E-state index in [-0.39, 0.29) is 12.4 Å². The number of methoxy groups -OCH3 is 1. The van der Waals surface area contributed by atoms with E-state index in [0.717, 1.165) is 0 Å². The smallest absolute Gasteiger partial charge is 0.373 e. The van der Waals surface area contributed by atoms with Gasteiger partial charge in [-0.3, -0.25) is 0 Å². The average molecular weight is 301 g/mol. The number of hydrogen-bond donors (Lipinski definition) is 0. The fourth-order valence-electron chi connectivity index (χ4n) is 1.39. The predicted octanol–water partition coefficient (Wildman–Crippen LogP) is 3.95. The van der Waals surface area contributed by atoms with Crippen molar-refractivity contribution in [2.45, 2.75) is 6.61 Å². The van der Waals surface area contributed by atoms with Gasteiger partial charge in [0.05, 0.1) is 17.2 Å². The first kappa shape index (κ1) is 13.8. The molecule has 4 nitrogen and oxygen atoms in total. The Morgan fingerprint density at radius 2 is 2.00 bits per heavy atom. The van der Waals surface area contributed by atoms with Crippen LogP contribution in [0.4, 0.5) is 0 Å². The summed E-state index contributed by atoms with van der Waals surface area (Å²) in [7, 11) is 1.29. The number of halogens is 2. The van der Waals surface area contributed by atoms with E-state index in [1.165, 1.54) is 13.2 Å². The molecule has 0 fully saturated rings. The van der Waals surface area contributed by atoms with Crippen LogP contribution >= 0.6 is 23.2 Å². The third kappa shape index (κ3) is 3.43. The number of esters is 1. The SMILES string of the molecule is COC(=O)c1ccc(COc2ccc(Cl)c(Cl)c2)o1. The van der Waals surface area contributed by atoms with E-state index in [4.69, 9.17) is 32.4 Å². The molecule has 19 heavy (non-hydrogen) atoms. The molecule has 0 amide bonds. The molecule has 0 aliphatic rings. The Labute approximate surface area is 119 Å². The monoisotopic (exact) mass is 300 g/mol. The molecular formula is C13H10Cl2O4. The van der Waals surface area contributed by atoms with Gasteiger partial charge in [-0.05, 0) is 24.3 Å². The first-order chi connectivity index (χ1) is 9.10. The molecule has 2 rings (SSSR count). The Morgan fingerprint density at radius 3 is 2.68 bits per heavy atom. The van der Waals surface area contributed by atoms with Crippen molar-refractivity contribution in [1.29, 1.82) is 0 Å². The molecule has 0 radical (unpaired) electrons. The second-order valence-corrected chi connectivity index (χ2v) is 4.44. The highest BCUT2D eigenvalue weighted by Gasteiger charge is 2.11. The summed E-state index contributed by atoms with van der Waals surface area (Å²) in [6.07, 6.45) is 0. The molecule has 0 atom stereocenters. The van der Waals surface area contributed by atoms with Gasteiger partial charge in [0.1, 0.15) is 18.1 Å². The zero-order valence-corrected chi connectivity index (χ0v) is 11.5. The van der Waals surface area contributed by atoms with Crippen LogP contribution in [0.3, 0.4) is 0 Å². The van der Waals surface area contributed by atoms with Crippen molar-refractivity contribution in [2.24, 2.45) is 0 Å². The molecular weight excluding hydrogens is 291 g/mol. The van der Waals surface area contributed by atoms with Gasteiger partial charge >= 0.3 is 5.97 Å². The molecule has 0 aliphatic heterocycles.